The summed E-state index contributed by atoms with van der Waals surface area (Å²) in [4.78, 5) is 0.275. The summed E-state index contributed by atoms with van der Waals surface area (Å²) < 4.78 is 31.6. The van der Waals surface area contributed by atoms with Crippen molar-refractivity contribution in [1.82, 2.24) is 4.72 Å². The monoisotopic (exact) mass is 286 g/mol. The third kappa shape index (κ3) is 5.59. The van der Waals surface area contributed by atoms with Gasteiger partial charge in [-0.15, -0.1) is 0 Å². The highest BCUT2D eigenvalue weighted by Gasteiger charge is 2.14. The lowest BCUT2D eigenvalue weighted by Gasteiger charge is -2.11. The van der Waals surface area contributed by atoms with Crippen LogP contribution < -0.4 is 10.0 Å². The molecule has 0 radical (unpaired) electrons. The summed E-state index contributed by atoms with van der Waals surface area (Å²) in [6.45, 7) is 7.55. The second-order valence-electron chi connectivity index (χ2n) is 4.42. The molecule has 0 fully saturated rings. The Morgan fingerprint density at radius 3 is 2.37 bits per heavy atom. The van der Waals surface area contributed by atoms with E-state index >= 15 is 0 Å². The number of anilines is 1. The van der Waals surface area contributed by atoms with Crippen LogP contribution in [-0.4, -0.2) is 34.2 Å². The normalized spacial score (nSPS) is 11.8. The third-order valence-electron chi connectivity index (χ3n) is 2.34. The Kier molecular flexibility index (Phi) is 6.27. The van der Waals surface area contributed by atoms with Gasteiger partial charge in [0, 0.05) is 24.9 Å². The molecule has 108 valence electrons. The van der Waals surface area contributed by atoms with E-state index in [1.807, 2.05) is 6.92 Å². The van der Waals surface area contributed by atoms with E-state index in [0.29, 0.717) is 19.8 Å². The number of hydrogen-bond acceptors (Lipinski definition) is 4. The van der Waals surface area contributed by atoms with E-state index in [4.69, 9.17) is 4.74 Å². The first-order valence-corrected chi connectivity index (χ1v) is 7.88. The van der Waals surface area contributed by atoms with Crippen molar-refractivity contribution in [2.75, 3.05) is 25.1 Å². The van der Waals surface area contributed by atoms with Gasteiger partial charge in [-0.2, -0.15) is 0 Å². The highest BCUT2D eigenvalue weighted by atomic mass is 32.2. The Balaban J connectivity index is 2.61. The van der Waals surface area contributed by atoms with E-state index in [0.717, 1.165) is 5.69 Å². The van der Waals surface area contributed by atoms with Crippen LogP contribution in [0, 0.1) is 0 Å². The van der Waals surface area contributed by atoms with Crippen LogP contribution in [0.5, 0.6) is 0 Å². The molecule has 0 aliphatic rings. The van der Waals surface area contributed by atoms with E-state index < -0.39 is 10.0 Å². The predicted molar refractivity (Wildman–Crippen MR) is 76.9 cm³/mol. The molecule has 5 nitrogen and oxygen atoms in total. The third-order valence-corrected chi connectivity index (χ3v) is 4.01. The number of benzene rings is 1. The van der Waals surface area contributed by atoms with Gasteiger partial charge in [-0.3, -0.25) is 0 Å². The molecule has 0 spiro atoms. The lowest BCUT2D eigenvalue weighted by Crippen LogP contribution is -2.30. The molecule has 0 saturated carbocycles. The number of nitrogens with one attached hydrogen (secondary N) is 2. The SMILES string of the molecule is CCOCCNc1ccc(S(=O)(=O)NC(C)C)cc1. The molecule has 0 aliphatic heterocycles. The number of hydrogen-bond donors (Lipinski definition) is 2. The highest BCUT2D eigenvalue weighted by Crippen LogP contribution is 2.14. The minimum Gasteiger partial charge on any atom is -0.383 e. The average molecular weight is 286 g/mol. The number of sulfonamides is 1. The maximum absolute atomic E-state index is 11.9. The Hall–Kier alpha value is -1.11. The van der Waals surface area contributed by atoms with Crippen LogP contribution in [0.4, 0.5) is 5.69 Å². The molecule has 2 N–H and O–H groups in total. The van der Waals surface area contributed by atoms with Gasteiger partial charge in [-0.25, -0.2) is 13.1 Å². The van der Waals surface area contributed by atoms with Crippen LogP contribution >= 0.6 is 0 Å². The molecule has 0 heterocycles. The van der Waals surface area contributed by atoms with Gasteiger partial charge in [0.15, 0.2) is 0 Å². The standard InChI is InChI=1S/C13H22N2O3S/c1-4-18-10-9-14-12-5-7-13(8-6-12)19(16,17)15-11(2)3/h5-8,11,14-15H,4,9-10H2,1-3H3. The van der Waals surface area contributed by atoms with Crippen LogP contribution in [0.25, 0.3) is 0 Å². The van der Waals surface area contributed by atoms with Gasteiger partial charge >= 0.3 is 0 Å². The Labute approximate surface area is 115 Å². The van der Waals surface area contributed by atoms with Gasteiger partial charge in [-0.05, 0) is 45.0 Å². The summed E-state index contributed by atoms with van der Waals surface area (Å²) in [5, 5.41) is 3.16. The lowest BCUT2D eigenvalue weighted by molar-refractivity contribution is 0.158. The van der Waals surface area contributed by atoms with Crippen molar-refractivity contribution >= 4 is 15.7 Å². The first-order valence-electron chi connectivity index (χ1n) is 6.39. The van der Waals surface area contributed by atoms with Crippen LogP contribution in [0.2, 0.25) is 0 Å². The molecule has 0 aromatic heterocycles. The summed E-state index contributed by atoms with van der Waals surface area (Å²) in [5.41, 5.74) is 0.878. The van der Waals surface area contributed by atoms with E-state index in [9.17, 15) is 8.42 Å². The molecule has 1 rings (SSSR count). The molecule has 1 aromatic carbocycles. The number of ether oxygens (including phenoxy) is 1. The maximum Gasteiger partial charge on any atom is 0.240 e. The molecule has 19 heavy (non-hydrogen) atoms. The summed E-state index contributed by atoms with van der Waals surface area (Å²) in [7, 11) is -3.41. The Bertz CT molecular complexity index is 469. The Morgan fingerprint density at radius 1 is 1.21 bits per heavy atom. The topological polar surface area (TPSA) is 67.4 Å². The summed E-state index contributed by atoms with van der Waals surface area (Å²) in [6, 6.07) is 6.57. The zero-order valence-corrected chi connectivity index (χ0v) is 12.5. The zero-order valence-electron chi connectivity index (χ0n) is 11.6. The second-order valence-corrected chi connectivity index (χ2v) is 6.14. The van der Waals surface area contributed by atoms with Crippen LogP contribution in [0.3, 0.4) is 0 Å². The van der Waals surface area contributed by atoms with E-state index in [1.54, 1.807) is 38.1 Å². The lowest BCUT2D eigenvalue weighted by atomic mass is 10.3. The summed E-state index contributed by atoms with van der Waals surface area (Å²) in [5.74, 6) is 0. The Morgan fingerprint density at radius 2 is 1.84 bits per heavy atom. The molecule has 0 unspecified atom stereocenters. The summed E-state index contributed by atoms with van der Waals surface area (Å²) >= 11 is 0. The second kappa shape index (κ2) is 7.47. The predicted octanol–water partition coefficient (Wildman–Crippen LogP) is 1.82. The highest BCUT2D eigenvalue weighted by molar-refractivity contribution is 7.89. The minimum atomic E-state index is -3.41. The van der Waals surface area contributed by atoms with Crippen LogP contribution in [-0.2, 0) is 14.8 Å². The fourth-order valence-corrected chi connectivity index (χ4v) is 2.79. The van der Waals surface area contributed by atoms with Crippen molar-refractivity contribution in [3.8, 4) is 0 Å². The number of rotatable bonds is 8. The van der Waals surface area contributed by atoms with Crippen LogP contribution in [0.1, 0.15) is 20.8 Å². The molecule has 0 aliphatic carbocycles. The molecule has 0 atom stereocenters. The molecule has 0 saturated heterocycles. The molecule has 0 bridgehead atoms. The van der Waals surface area contributed by atoms with Crippen molar-refractivity contribution in [1.29, 1.82) is 0 Å². The van der Waals surface area contributed by atoms with Crippen molar-refractivity contribution in [3.05, 3.63) is 24.3 Å². The zero-order chi connectivity index (χ0) is 14.3. The molecule has 0 amide bonds. The van der Waals surface area contributed by atoms with Gasteiger partial charge in [-0.1, -0.05) is 0 Å². The first kappa shape index (κ1) is 15.9. The smallest absolute Gasteiger partial charge is 0.240 e. The van der Waals surface area contributed by atoms with Crippen molar-refractivity contribution in [2.24, 2.45) is 0 Å². The van der Waals surface area contributed by atoms with Gasteiger partial charge in [0.05, 0.1) is 11.5 Å². The van der Waals surface area contributed by atoms with Crippen molar-refractivity contribution in [3.63, 3.8) is 0 Å². The maximum atomic E-state index is 11.9. The quantitative estimate of drug-likeness (QED) is 0.715. The van der Waals surface area contributed by atoms with Gasteiger partial charge in [0.25, 0.3) is 0 Å². The largest absolute Gasteiger partial charge is 0.383 e. The van der Waals surface area contributed by atoms with E-state index in [1.165, 1.54) is 0 Å². The van der Waals surface area contributed by atoms with Crippen molar-refractivity contribution in [2.45, 2.75) is 31.7 Å². The van der Waals surface area contributed by atoms with E-state index in [2.05, 4.69) is 10.0 Å². The average Bonchev–Trinajstić information content (AvgIpc) is 2.34. The molecular weight excluding hydrogens is 264 g/mol. The van der Waals surface area contributed by atoms with Gasteiger partial charge in [0.1, 0.15) is 0 Å². The molecule has 1 aromatic rings. The van der Waals surface area contributed by atoms with Gasteiger partial charge in [0.2, 0.25) is 10.0 Å². The molecule has 6 heteroatoms. The fourth-order valence-electron chi connectivity index (χ4n) is 1.54. The van der Waals surface area contributed by atoms with E-state index in [-0.39, 0.29) is 10.9 Å². The minimum absolute atomic E-state index is 0.117. The van der Waals surface area contributed by atoms with Crippen molar-refractivity contribution < 1.29 is 13.2 Å². The molecular formula is C13H22N2O3S. The van der Waals surface area contributed by atoms with Gasteiger partial charge < -0.3 is 10.1 Å². The first-order chi connectivity index (χ1) is 8.95. The summed E-state index contributed by atoms with van der Waals surface area (Å²) in [6.07, 6.45) is 0. The fraction of sp³-hybridized carbons (Fsp3) is 0.538. The van der Waals surface area contributed by atoms with Crippen LogP contribution in [0.15, 0.2) is 29.2 Å².